The van der Waals surface area contributed by atoms with Gasteiger partial charge in [0.25, 0.3) is 0 Å². The lowest BCUT2D eigenvalue weighted by molar-refractivity contribution is 0.0907. The highest BCUT2D eigenvalue weighted by Crippen LogP contribution is 2.18. The maximum Gasteiger partial charge on any atom is 0.165 e. The number of benzene rings is 1. The van der Waals surface area contributed by atoms with Crippen LogP contribution >= 0.6 is 0 Å². The van der Waals surface area contributed by atoms with Gasteiger partial charge in [0, 0.05) is 19.6 Å². The Morgan fingerprint density at radius 3 is 2.77 bits per heavy atom. The molecule has 0 amide bonds. The molecule has 4 nitrogen and oxygen atoms in total. The summed E-state index contributed by atoms with van der Waals surface area (Å²) in [5, 5.41) is 13.3. The molecule has 1 aliphatic rings. The zero-order valence-corrected chi connectivity index (χ0v) is 13.5. The van der Waals surface area contributed by atoms with Gasteiger partial charge in [-0.15, -0.1) is 0 Å². The summed E-state index contributed by atoms with van der Waals surface area (Å²) >= 11 is 0. The fourth-order valence-corrected chi connectivity index (χ4v) is 2.81. The molecule has 2 N–H and O–H groups in total. The first-order valence-electron chi connectivity index (χ1n) is 8.02. The van der Waals surface area contributed by atoms with Gasteiger partial charge in [-0.1, -0.05) is 13.0 Å². The number of hydrogen-bond donors (Lipinski definition) is 2. The minimum atomic E-state index is -0.392. The van der Waals surface area contributed by atoms with Crippen LogP contribution in [0.1, 0.15) is 25.3 Å². The molecule has 0 saturated carbocycles. The van der Waals surface area contributed by atoms with E-state index in [0.29, 0.717) is 19.6 Å². The van der Waals surface area contributed by atoms with E-state index in [-0.39, 0.29) is 11.6 Å². The standard InChI is InChI=1S/C17H27FN2O2/c1-13-5-7-20(8-6-13)12-15(21)11-19-10-14-3-4-17(22-2)16(18)9-14/h3-4,9,13,15,19,21H,5-8,10-12H2,1-2H3. The number of ether oxygens (including phenoxy) is 1. The van der Waals surface area contributed by atoms with Crippen LogP contribution in [-0.4, -0.2) is 49.4 Å². The molecule has 0 aromatic heterocycles. The molecule has 2 rings (SSSR count). The van der Waals surface area contributed by atoms with Crippen molar-refractivity contribution in [3.05, 3.63) is 29.6 Å². The minimum Gasteiger partial charge on any atom is -0.494 e. The molecule has 1 unspecified atom stereocenters. The molecule has 1 aliphatic heterocycles. The van der Waals surface area contributed by atoms with E-state index in [0.717, 1.165) is 24.6 Å². The van der Waals surface area contributed by atoms with E-state index in [1.807, 2.05) is 6.07 Å². The van der Waals surface area contributed by atoms with Crippen LogP contribution in [0.25, 0.3) is 0 Å². The van der Waals surface area contributed by atoms with Crippen LogP contribution in [0.5, 0.6) is 5.75 Å². The molecule has 5 heteroatoms. The molecule has 0 aliphatic carbocycles. The lowest BCUT2D eigenvalue weighted by Gasteiger charge is -2.31. The number of nitrogens with one attached hydrogen (secondary N) is 1. The van der Waals surface area contributed by atoms with Gasteiger partial charge < -0.3 is 20.1 Å². The summed E-state index contributed by atoms with van der Waals surface area (Å²) in [5.74, 6) is 0.699. The zero-order valence-electron chi connectivity index (χ0n) is 13.5. The number of rotatable bonds is 7. The molecular formula is C17H27FN2O2. The summed E-state index contributed by atoms with van der Waals surface area (Å²) < 4.78 is 18.5. The first-order chi connectivity index (χ1) is 10.6. The number of halogens is 1. The number of likely N-dealkylation sites (tertiary alicyclic amines) is 1. The number of aliphatic hydroxyl groups excluding tert-OH is 1. The Morgan fingerprint density at radius 2 is 2.14 bits per heavy atom. The Morgan fingerprint density at radius 1 is 1.41 bits per heavy atom. The molecular weight excluding hydrogens is 283 g/mol. The Hall–Kier alpha value is -1.17. The molecule has 0 bridgehead atoms. The number of piperidine rings is 1. The largest absolute Gasteiger partial charge is 0.494 e. The van der Waals surface area contributed by atoms with Gasteiger partial charge in [0.05, 0.1) is 13.2 Å². The second-order valence-corrected chi connectivity index (χ2v) is 6.24. The molecule has 1 aromatic rings. The average Bonchev–Trinajstić information content (AvgIpc) is 2.50. The summed E-state index contributed by atoms with van der Waals surface area (Å²) in [6.07, 6.45) is 2.04. The predicted molar refractivity (Wildman–Crippen MR) is 85.5 cm³/mol. The van der Waals surface area contributed by atoms with E-state index >= 15 is 0 Å². The van der Waals surface area contributed by atoms with Crippen molar-refractivity contribution >= 4 is 0 Å². The lowest BCUT2D eigenvalue weighted by Crippen LogP contribution is -2.41. The van der Waals surface area contributed by atoms with Gasteiger partial charge in [0.2, 0.25) is 0 Å². The molecule has 1 heterocycles. The van der Waals surface area contributed by atoms with Gasteiger partial charge in [-0.05, 0) is 49.5 Å². The number of aliphatic hydroxyl groups is 1. The summed E-state index contributed by atoms with van der Waals surface area (Å²) in [4.78, 5) is 2.32. The monoisotopic (exact) mass is 310 g/mol. The number of β-amino-alcohol motifs (C(OH)–C–C–N with tert-alkyl or cyclic N) is 1. The Balaban J connectivity index is 1.68. The molecule has 0 radical (unpaired) electrons. The molecule has 0 spiro atoms. The van der Waals surface area contributed by atoms with E-state index in [1.165, 1.54) is 26.0 Å². The highest BCUT2D eigenvalue weighted by Gasteiger charge is 2.18. The van der Waals surface area contributed by atoms with Crippen molar-refractivity contribution in [1.82, 2.24) is 10.2 Å². The van der Waals surface area contributed by atoms with Crippen LogP contribution in [0, 0.1) is 11.7 Å². The van der Waals surface area contributed by atoms with E-state index in [4.69, 9.17) is 4.74 Å². The van der Waals surface area contributed by atoms with Crippen molar-refractivity contribution in [2.24, 2.45) is 5.92 Å². The quantitative estimate of drug-likeness (QED) is 0.809. The highest BCUT2D eigenvalue weighted by atomic mass is 19.1. The number of hydrogen-bond acceptors (Lipinski definition) is 4. The highest BCUT2D eigenvalue weighted by molar-refractivity contribution is 5.29. The fourth-order valence-electron chi connectivity index (χ4n) is 2.81. The van der Waals surface area contributed by atoms with Crippen LogP contribution in [0.2, 0.25) is 0 Å². The molecule has 124 valence electrons. The van der Waals surface area contributed by atoms with E-state index < -0.39 is 6.10 Å². The van der Waals surface area contributed by atoms with Crippen molar-refractivity contribution in [2.75, 3.05) is 33.3 Å². The van der Waals surface area contributed by atoms with Gasteiger partial charge in [-0.2, -0.15) is 0 Å². The fraction of sp³-hybridized carbons (Fsp3) is 0.647. The Kier molecular flexibility index (Phi) is 6.61. The summed E-state index contributed by atoms with van der Waals surface area (Å²) in [5.41, 5.74) is 0.845. The van der Waals surface area contributed by atoms with E-state index in [1.54, 1.807) is 6.07 Å². The van der Waals surface area contributed by atoms with Crippen molar-refractivity contribution < 1.29 is 14.2 Å². The maximum atomic E-state index is 13.6. The van der Waals surface area contributed by atoms with E-state index in [9.17, 15) is 9.50 Å². The second kappa shape index (κ2) is 8.46. The molecule has 22 heavy (non-hydrogen) atoms. The predicted octanol–water partition coefficient (Wildman–Crippen LogP) is 2.02. The normalized spacial score (nSPS) is 18.4. The van der Waals surface area contributed by atoms with Gasteiger partial charge in [-0.3, -0.25) is 0 Å². The van der Waals surface area contributed by atoms with E-state index in [2.05, 4.69) is 17.1 Å². The SMILES string of the molecule is COc1ccc(CNCC(O)CN2CCC(C)CC2)cc1F. The van der Waals surface area contributed by atoms with Crippen LogP contribution in [0.15, 0.2) is 18.2 Å². The molecule has 1 saturated heterocycles. The third-order valence-corrected chi connectivity index (χ3v) is 4.27. The summed E-state index contributed by atoms with van der Waals surface area (Å²) in [7, 11) is 1.45. The van der Waals surface area contributed by atoms with Crippen LogP contribution in [0.4, 0.5) is 4.39 Å². The van der Waals surface area contributed by atoms with Crippen molar-refractivity contribution in [2.45, 2.75) is 32.4 Å². The minimum absolute atomic E-state index is 0.253. The molecule has 1 fully saturated rings. The number of nitrogens with zero attached hydrogens (tertiary/aromatic N) is 1. The Labute approximate surface area is 132 Å². The maximum absolute atomic E-state index is 13.6. The number of methoxy groups -OCH3 is 1. The van der Waals surface area contributed by atoms with Crippen LogP contribution in [0.3, 0.4) is 0 Å². The molecule has 1 aromatic carbocycles. The van der Waals surface area contributed by atoms with Crippen molar-refractivity contribution in [1.29, 1.82) is 0 Å². The van der Waals surface area contributed by atoms with Gasteiger partial charge >= 0.3 is 0 Å². The summed E-state index contributed by atoms with van der Waals surface area (Å²) in [6.45, 7) is 6.18. The van der Waals surface area contributed by atoms with Crippen molar-refractivity contribution in [3.63, 3.8) is 0 Å². The second-order valence-electron chi connectivity index (χ2n) is 6.24. The van der Waals surface area contributed by atoms with Crippen LogP contribution in [-0.2, 0) is 6.54 Å². The first kappa shape index (κ1) is 17.2. The first-order valence-corrected chi connectivity index (χ1v) is 8.02. The third kappa shape index (κ3) is 5.23. The van der Waals surface area contributed by atoms with Gasteiger partial charge in [0.15, 0.2) is 11.6 Å². The smallest absolute Gasteiger partial charge is 0.165 e. The van der Waals surface area contributed by atoms with Gasteiger partial charge in [0.1, 0.15) is 0 Å². The summed E-state index contributed by atoms with van der Waals surface area (Å²) in [6, 6.07) is 4.91. The van der Waals surface area contributed by atoms with Gasteiger partial charge in [-0.25, -0.2) is 4.39 Å². The third-order valence-electron chi connectivity index (χ3n) is 4.27. The van der Waals surface area contributed by atoms with Crippen molar-refractivity contribution in [3.8, 4) is 5.75 Å². The Bertz CT molecular complexity index is 462. The topological polar surface area (TPSA) is 44.7 Å². The average molecular weight is 310 g/mol. The lowest BCUT2D eigenvalue weighted by atomic mass is 9.99. The zero-order chi connectivity index (χ0) is 15.9. The van der Waals surface area contributed by atoms with Crippen LogP contribution < -0.4 is 10.1 Å². The molecule has 1 atom stereocenters.